The van der Waals surface area contributed by atoms with Crippen LogP contribution in [-0.4, -0.2) is 37.6 Å². The summed E-state index contributed by atoms with van der Waals surface area (Å²) in [5, 5.41) is 3.74. The number of rotatable bonds is 7. The van der Waals surface area contributed by atoms with Crippen molar-refractivity contribution in [3.05, 3.63) is 0 Å². The molecule has 2 heteroatoms. The van der Waals surface area contributed by atoms with Crippen LogP contribution in [0.3, 0.4) is 0 Å². The first-order valence-corrected chi connectivity index (χ1v) is 7.88. The quantitative estimate of drug-likeness (QED) is 0.748. The number of hydrogen-bond donors (Lipinski definition) is 1. The minimum absolute atomic E-state index is 0.406. The van der Waals surface area contributed by atoms with Crippen LogP contribution in [0.25, 0.3) is 0 Å². The summed E-state index contributed by atoms with van der Waals surface area (Å²) in [7, 11) is 4.52. The highest BCUT2D eigenvalue weighted by atomic mass is 15.2. The lowest BCUT2D eigenvalue weighted by molar-refractivity contribution is 0.0744. The minimum Gasteiger partial charge on any atom is -0.315 e. The highest BCUT2D eigenvalue weighted by Crippen LogP contribution is 2.35. The van der Waals surface area contributed by atoms with E-state index in [1.807, 2.05) is 0 Å². The fraction of sp³-hybridized carbons (Fsp3) is 1.00. The van der Waals surface area contributed by atoms with Crippen molar-refractivity contribution in [3.8, 4) is 0 Å². The molecule has 0 radical (unpaired) electrons. The van der Waals surface area contributed by atoms with E-state index in [1.165, 1.54) is 51.6 Å². The van der Waals surface area contributed by atoms with Gasteiger partial charge in [-0.25, -0.2) is 0 Å². The summed E-state index contributed by atoms with van der Waals surface area (Å²) in [5.41, 5.74) is 0.406. The molecule has 0 saturated heterocycles. The van der Waals surface area contributed by atoms with Gasteiger partial charge in [-0.15, -0.1) is 0 Å². The van der Waals surface area contributed by atoms with E-state index in [9.17, 15) is 0 Å². The zero-order valence-electron chi connectivity index (χ0n) is 13.3. The first-order valence-electron chi connectivity index (χ1n) is 7.88. The molecular formula is C16H34N2. The summed E-state index contributed by atoms with van der Waals surface area (Å²) in [4.78, 5) is 2.47. The molecule has 0 aromatic heterocycles. The smallest absolute Gasteiger partial charge is 0.0330 e. The van der Waals surface area contributed by atoms with Gasteiger partial charge in [0, 0.05) is 12.1 Å². The second-order valence-corrected chi connectivity index (χ2v) is 6.85. The molecule has 0 aliphatic heterocycles. The van der Waals surface area contributed by atoms with E-state index >= 15 is 0 Å². The molecule has 3 atom stereocenters. The van der Waals surface area contributed by atoms with Crippen LogP contribution in [0, 0.1) is 11.8 Å². The molecule has 1 saturated carbocycles. The van der Waals surface area contributed by atoms with Crippen LogP contribution < -0.4 is 5.32 Å². The van der Waals surface area contributed by atoms with E-state index in [0.717, 1.165) is 11.8 Å². The number of nitrogens with zero attached hydrogens (tertiary/aromatic N) is 1. The zero-order chi connectivity index (χ0) is 13.6. The topological polar surface area (TPSA) is 15.3 Å². The Labute approximate surface area is 115 Å². The van der Waals surface area contributed by atoms with E-state index < -0.39 is 0 Å². The van der Waals surface area contributed by atoms with E-state index in [-0.39, 0.29) is 0 Å². The third-order valence-corrected chi connectivity index (χ3v) is 4.74. The summed E-state index contributed by atoms with van der Waals surface area (Å²) in [6, 6.07) is 0. The average molecular weight is 254 g/mol. The van der Waals surface area contributed by atoms with E-state index in [4.69, 9.17) is 0 Å². The molecule has 2 nitrogen and oxygen atoms in total. The molecule has 108 valence electrons. The lowest BCUT2D eigenvalue weighted by Crippen LogP contribution is -2.54. The van der Waals surface area contributed by atoms with Gasteiger partial charge in [-0.3, -0.25) is 0 Å². The van der Waals surface area contributed by atoms with Gasteiger partial charge in [0.15, 0.2) is 0 Å². The maximum atomic E-state index is 3.74. The SMILES string of the molecule is CCCC(C)CNCC1(N(C)C)CCCC(C)C1. The molecule has 1 aliphatic carbocycles. The van der Waals surface area contributed by atoms with Gasteiger partial charge in [0.25, 0.3) is 0 Å². The van der Waals surface area contributed by atoms with Crippen molar-refractivity contribution >= 4 is 0 Å². The zero-order valence-corrected chi connectivity index (χ0v) is 13.3. The Morgan fingerprint density at radius 2 is 2.11 bits per heavy atom. The normalized spacial score (nSPS) is 30.7. The Morgan fingerprint density at radius 3 is 2.67 bits per heavy atom. The predicted molar refractivity (Wildman–Crippen MR) is 81.0 cm³/mol. The monoisotopic (exact) mass is 254 g/mol. The van der Waals surface area contributed by atoms with Gasteiger partial charge < -0.3 is 10.2 Å². The Bertz CT molecular complexity index is 227. The summed E-state index contributed by atoms with van der Waals surface area (Å²) in [6.07, 6.45) is 8.18. The van der Waals surface area contributed by atoms with E-state index in [2.05, 4.69) is 45.1 Å². The van der Waals surface area contributed by atoms with Crippen molar-refractivity contribution in [1.82, 2.24) is 10.2 Å². The fourth-order valence-corrected chi connectivity index (χ4v) is 3.50. The molecule has 1 N–H and O–H groups in total. The molecule has 0 bridgehead atoms. The van der Waals surface area contributed by atoms with Crippen LogP contribution in [0.4, 0.5) is 0 Å². The average Bonchev–Trinajstić information content (AvgIpc) is 2.29. The van der Waals surface area contributed by atoms with Gasteiger partial charge >= 0.3 is 0 Å². The molecule has 0 heterocycles. The van der Waals surface area contributed by atoms with Crippen LogP contribution in [0.2, 0.25) is 0 Å². The van der Waals surface area contributed by atoms with Crippen molar-refractivity contribution in [2.75, 3.05) is 27.2 Å². The summed E-state index contributed by atoms with van der Waals surface area (Å²) >= 11 is 0. The van der Waals surface area contributed by atoms with Gasteiger partial charge in [-0.05, 0) is 51.7 Å². The van der Waals surface area contributed by atoms with Crippen LogP contribution in [-0.2, 0) is 0 Å². The molecule has 1 aliphatic rings. The Morgan fingerprint density at radius 1 is 1.39 bits per heavy atom. The Hall–Kier alpha value is -0.0800. The third-order valence-electron chi connectivity index (χ3n) is 4.74. The molecule has 0 amide bonds. The molecule has 0 spiro atoms. The standard InChI is InChI=1S/C16H34N2/c1-6-8-15(3)12-17-13-16(18(4)5)10-7-9-14(2)11-16/h14-15,17H,6-13H2,1-5H3. The number of hydrogen-bond acceptors (Lipinski definition) is 2. The highest BCUT2D eigenvalue weighted by molar-refractivity contribution is 4.94. The first kappa shape index (κ1) is 16.0. The fourth-order valence-electron chi connectivity index (χ4n) is 3.50. The first-order chi connectivity index (χ1) is 8.50. The number of nitrogens with one attached hydrogen (secondary N) is 1. The molecule has 0 aromatic carbocycles. The van der Waals surface area contributed by atoms with Crippen molar-refractivity contribution in [2.24, 2.45) is 11.8 Å². The highest BCUT2D eigenvalue weighted by Gasteiger charge is 2.36. The maximum absolute atomic E-state index is 3.74. The largest absolute Gasteiger partial charge is 0.315 e. The van der Waals surface area contributed by atoms with E-state index in [0.29, 0.717) is 5.54 Å². The molecular weight excluding hydrogens is 220 g/mol. The van der Waals surface area contributed by atoms with Crippen molar-refractivity contribution in [1.29, 1.82) is 0 Å². The lowest BCUT2D eigenvalue weighted by Gasteiger charge is -2.45. The van der Waals surface area contributed by atoms with Gasteiger partial charge in [0.05, 0.1) is 0 Å². The molecule has 1 rings (SSSR count). The third kappa shape index (κ3) is 4.55. The summed E-state index contributed by atoms with van der Waals surface area (Å²) < 4.78 is 0. The molecule has 1 fully saturated rings. The predicted octanol–water partition coefficient (Wildman–Crippen LogP) is 3.52. The second kappa shape index (κ2) is 7.49. The minimum atomic E-state index is 0.406. The molecule has 3 unspecified atom stereocenters. The van der Waals surface area contributed by atoms with Gasteiger partial charge in [0.1, 0.15) is 0 Å². The van der Waals surface area contributed by atoms with Crippen LogP contribution in [0.1, 0.15) is 59.3 Å². The Kier molecular flexibility index (Phi) is 6.65. The molecule has 0 aromatic rings. The van der Waals surface area contributed by atoms with Crippen LogP contribution in [0.5, 0.6) is 0 Å². The van der Waals surface area contributed by atoms with Gasteiger partial charge in [-0.1, -0.05) is 40.0 Å². The maximum Gasteiger partial charge on any atom is 0.0330 e. The van der Waals surface area contributed by atoms with E-state index in [1.54, 1.807) is 0 Å². The second-order valence-electron chi connectivity index (χ2n) is 6.85. The van der Waals surface area contributed by atoms with Crippen LogP contribution in [0.15, 0.2) is 0 Å². The lowest BCUT2D eigenvalue weighted by atomic mass is 9.75. The van der Waals surface area contributed by atoms with Crippen LogP contribution >= 0.6 is 0 Å². The molecule has 18 heavy (non-hydrogen) atoms. The van der Waals surface area contributed by atoms with Gasteiger partial charge in [0.2, 0.25) is 0 Å². The van der Waals surface area contributed by atoms with Gasteiger partial charge in [-0.2, -0.15) is 0 Å². The van der Waals surface area contributed by atoms with Crippen molar-refractivity contribution < 1.29 is 0 Å². The summed E-state index contributed by atoms with van der Waals surface area (Å²) in [6.45, 7) is 9.40. The van der Waals surface area contributed by atoms with Crippen molar-refractivity contribution in [2.45, 2.75) is 64.8 Å². The number of likely N-dealkylation sites (N-methyl/N-ethyl adjacent to an activating group) is 1. The van der Waals surface area contributed by atoms with Crippen molar-refractivity contribution in [3.63, 3.8) is 0 Å². The Balaban J connectivity index is 2.43. The summed E-state index contributed by atoms with van der Waals surface area (Å²) in [5.74, 6) is 1.70.